The van der Waals surface area contributed by atoms with Crippen LogP contribution in [0.4, 0.5) is 33.1 Å². The highest BCUT2D eigenvalue weighted by molar-refractivity contribution is 8.50. The van der Waals surface area contributed by atoms with Crippen LogP contribution in [-0.4, -0.2) is 23.2 Å². The van der Waals surface area contributed by atoms with Gasteiger partial charge in [0.1, 0.15) is 0 Å². The molecule has 2 nitrogen and oxygen atoms in total. The van der Waals surface area contributed by atoms with E-state index in [1.54, 1.807) is 0 Å². The minimum Gasteiger partial charge on any atom is -0.462 e. The maximum atomic E-state index is 13.6. The summed E-state index contributed by atoms with van der Waals surface area (Å²) in [5, 5.41) is -13.3. The first-order valence-electron chi connectivity index (χ1n) is 5.70. The van der Waals surface area contributed by atoms with E-state index in [-0.39, 0.29) is 18.7 Å². The summed E-state index contributed by atoms with van der Waals surface area (Å²) in [7, 11) is -10.8. The summed E-state index contributed by atoms with van der Waals surface area (Å²) < 4.78 is 110. The monoisotopic (exact) mass is 392 g/mol. The van der Waals surface area contributed by atoms with Crippen molar-refractivity contribution in [3.63, 3.8) is 0 Å². The second-order valence-electron chi connectivity index (χ2n) is 4.33. The Morgan fingerprint density at radius 3 is 1.87 bits per heavy atom. The molecule has 0 unspecified atom stereocenters. The van der Waals surface area contributed by atoms with E-state index < -0.39 is 36.9 Å². The summed E-state index contributed by atoms with van der Waals surface area (Å²) in [5.74, 6) is -1.10. The van der Waals surface area contributed by atoms with Crippen molar-refractivity contribution in [1.82, 2.24) is 0 Å². The van der Waals surface area contributed by atoms with Crippen LogP contribution >= 0.6 is 21.4 Å². The van der Waals surface area contributed by atoms with Crippen molar-refractivity contribution in [3.05, 3.63) is 29.8 Å². The molecule has 0 saturated heterocycles. The van der Waals surface area contributed by atoms with Crippen LogP contribution in [0, 0.1) is 0 Å². The number of carbonyl (C=O) groups is 1. The fraction of sp³-hybridized carbons (Fsp3) is 0.364. The number of halogens is 9. The van der Waals surface area contributed by atoms with Crippen LogP contribution in [0.5, 0.6) is 0 Å². The van der Waals surface area contributed by atoms with Crippen molar-refractivity contribution < 1.29 is 42.6 Å². The number of rotatable bonds is 5. The SMILES string of the molecule is CCOC(=O)c1ccc(S(F)(F)(F)(F)C(F)(F)C(F)(F)Cl)cc1. The number of hydrogen-bond acceptors (Lipinski definition) is 2. The zero-order valence-electron chi connectivity index (χ0n) is 11.1. The molecule has 1 aromatic rings. The lowest BCUT2D eigenvalue weighted by Crippen LogP contribution is -2.47. The molecule has 0 bridgehead atoms. The highest BCUT2D eigenvalue weighted by Gasteiger charge is 2.90. The number of esters is 1. The van der Waals surface area contributed by atoms with E-state index in [1.807, 2.05) is 0 Å². The van der Waals surface area contributed by atoms with Gasteiger partial charge in [-0.1, -0.05) is 0 Å². The Kier molecular flexibility index (Phi) is 4.21. The van der Waals surface area contributed by atoms with E-state index in [0.717, 1.165) is 0 Å². The van der Waals surface area contributed by atoms with Crippen LogP contribution in [0.15, 0.2) is 29.2 Å². The van der Waals surface area contributed by atoms with Crippen LogP contribution in [-0.2, 0) is 4.74 Å². The van der Waals surface area contributed by atoms with E-state index in [1.165, 1.54) is 6.92 Å². The second-order valence-corrected chi connectivity index (χ2v) is 7.93. The zero-order valence-corrected chi connectivity index (χ0v) is 12.7. The average Bonchev–Trinajstić information content (AvgIpc) is 2.36. The van der Waals surface area contributed by atoms with E-state index in [9.17, 15) is 37.9 Å². The third-order valence-corrected chi connectivity index (χ3v) is 5.54. The Morgan fingerprint density at radius 1 is 1.09 bits per heavy atom. The summed E-state index contributed by atoms with van der Waals surface area (Å²) >= 11 is 3.77. The van der Waals surface area contributed by atoms with Crippen LogP contribution < -0.4 is 0 Å². The molecule has 23 heavy (non-hydrogen) atoms. The molecular weight excluding hydrogens is 384 g/mol. The van der Waals surface area contributed by atoms with Gasteiger partial charge in [-0.2, -0.15) is 17.6 Å². The lowest BCUT2D eigenvalue weighted by Gasteiger charge is -2.54. The lowest BCUT2D eigenvalue weighted by atomic mass is 10.2. The summed E-state index contributed by atoms with van der Waals surface area (Å²) in [6.07, 6.45) is 0. The summed E-state index contributed by atoms with van der Waals surface area (Å²) in [4.78, 5) is 8.59. The van der Waals surface area contributed by atoms with Gasteiger partial charge in [-0.05, 0) is 42.8 Å². The second kappa shape index (κ2) is 4.88. The molecule has 0 amide bonds. The molecule has 0 aromatic heterocycles. The molecule has 0 heterocycles. The average molecular weight is 393 g/mol. The molecule has 0 spiro atoms. The summed E-state index contributed by atoms with van der Waals surface area (Å²) in [6.45, 7) is 1.26. The van der Waals surface area contributed by atoms with Crippen molar-refractivity contribution >= 4 is 27.4 Å². The molecule has 0 aliphatic heterocycles. The summed E-state index contributed by atoms with van der Waals surface area (Å²) in [5.41, 5.74) is -0.509. The summed E-state index contributed by atoms with van der Waals surface area (Å²) in [6, 6.07) is 0.164. The third kappa shape index (κ3) is 2.95. The molecule has 12 heteroatoms. The molecule has 0 atom stereocenters. The fourth-order valence-corrected chi connectivity index (χ4v) is 3.37. The first-order chi connectivity index (χ1) is 9.98. The molecule has 0 saturated carbocycles. The Balaban J connectivity index is 3.50. The van der Waals surface area contributed by atoms with Crippen molar-refractivity contribution in [1.29, 1.82) is 0 Å². The highest BCUT2D eigenvalue weighted by atomic mass is 35.5. The van der Waals surface area contributed by atoms with Gasteiger partial charge < -0.3 is 4.74 Å². The van der Waals surface area contributed by atoms with Crippen LogP contribution in [0.3, 0.4) is 0 Å². The highest BCUT2D eigenvalue weighted by Crippen LogP contribution is 3.08. The van der Waals surface area contributed by atoms with Gasteiger partial charge in [0.05, 0.1) is 17.1 Å². The van der Waals surface area contributed by atoms with Gasteiger partial charge >= 0.3 is 16.6 Å². The Morgan fingerprint density at radius 2 is 1.52 bits per heavy atom. The van der Waals surface area contributed by atoms with Gasteiger partial charge in [0.15, 0.2) is 0 Å². The smallest absolute Gasteiger partial charge is 0.434 e. The minimum absolute atomic E-state index is 0.129. The molecular formula is C11H9ClF8O2S. The third-order valence-electron chi connectivity index (χ3n) is 2.69. The number of ether oxygens (including phenoxy) is 1. The van der Waals surface area contributed by atoms with Crippen molar-refractivity contribution in [3.8, 4) is 0 Å². The Hall–Kier alpha value is -1.23. The maximum absolute atomic E-state index is 13.6. The number of carbonyl (C=O) groups excluding carboxylic acids is 1. The zero-order chi connectivity index (χ0) is 18.4. The van der Waals surface area contributed by atoms with Crippen LogP contribution in [0.1, 0.15) is 17.3 Å². The van der Waals surface area contributed by atoms with Crippen LogP contribution in [0.2, 0.25) is 0 Å². The first-order valence-corrected chi connectivity index (χ1v) is 8.12. The minimum atomic E-state index is -10.8. The number of benzene rings is 1. The van der Waals surface area contributed by atoms with Gasteiger partial charge in [-0.25, -0.2) is 4.79 Å². The molecule has 1 aromatic carbocycles. The Bertz CT molecular complexity index is 619. The van der Waals surface area contributed by atoms with E-state index in [0.29, 0.717) is 12.1 Å². The predicted octanol–water partition coefficient (Wildman–Crippen LogP) is 6.06. The van der Waals surface area contributed by atoms with Gasteiger partial charge in [0, 0.05) is 0 Å². The van der Waals surface area contributed by atoms with E-state index >= 15 is 0 Å². The molecule has 134 valence electrons. The first kappa shape index (κ1) is 19.8. The molecule has 0 aliphatic rings. The standard InChI is InChI=1S/C11H9ClF8O2S/c1-2-22-9(21)7-3-5-8(6-4-7)23(17,18,19,20)11(15,16)10(12,13)14/h3-6H,2H2,1H3. The molecule has 0 fully saturated rings. The topological polar surface area (TPSA) is 26.3 Å². The number of hydrogen-bond donors (Lipinski definition) is 0. The van der Waals surface area contributed by atoms with Gasteiger partial charge in [-0.15, -0.1) is 15.5 Å². The molecule has 0 N–H and O–H groups in total. The van der Waals surface area contributed by atoms with E-state index in [4.69, 9.17) is 0 Å². The number of alkyl halides is 5. The predicted molar refractivity (Wildman–Crippen MR) is 68.4 cm³/mol. The normalized spacial score (nSPS) is 16.4. The molecule has 0 radical (unpaired) electrons. The fourth-order valence-electron chi connectivity index (χ4n) is 1.46. The van der Waals surface area contributed by atoms with Gasteiger partial charge in [0.2, 0.25) is 9.84 Å². The molecule has 0 aliphatic carbocycles. The van der Waals surface area contributed by atoms with Crippen molar-refractivity contribution in [2.75, 3.05) is 6.61 Å². The van der Waals surface area contributed by atoms with Gasteiger partial charge in [-0.3, -0.25) is 0 Å². The van der Waals surface area contributed by atoms with Crippen molar-refractivity contribution in [2.45, 2.75) is 22.5 Å². The Labute approximate surface area is 129 Å². The quantitative estimate of drug-likeness (QED) is 0.346. The molecule has 1 rings (SSSR count). The lowest BCUT2D eigenvalue weighted by molar-refractivity contribution is -0.113. The van der Waals surface area contributed by atoms with Gasteiger partial charge in [0.25, 0.3) is 0 Å². The van der Waals surface area contributed by atoms with E-state index in [2.05, 4.69) is 16.3 Å². The maximum Gasteiger partial charge on any atom is 0.434 e. The van der Waals surface area contributed by atoms with Crippen molar-refractivity contribution in [2.24, 2.45) is 0 Å². The van der Waals surface area contributed by atoms with Crippen LogP contribution in [0.25, 0.3) is 0 Å². The largest absolute Gasteiger partial charge is 0.462 e.